The number of nitrogens with zero attached hydrogens (tertiary/aromatic N) is 4. The fourth-order valence-corrected chi connectivity index (χ4v) is 2.94. The van der Waals surface area contributed by atoms with Gasteiger partial charge in [-0.25, -0.2) is 20.0 Å². The smallest absolute Gasteiger partial charge is 0.238 e. The molecule has 7 nitrogen and oxygen atoms in total. The quantitative estimate of drug-likeness (QED) is 0.664. The van der Waals surface area contributed by atoms with Crippen LogP contribution in [0.15, 0.2) is 29.1 Å². The molecule has 0 aromatic heterocycles. The predicted molar refractivity (Wildman–Crippen MR) is 105 cm³/mol. The summed E-state index contributed by atoms with van der Waals surface area (Å²) in [5.74, 6) is -0.369. The van der Waals surface area contributed by atoms with E-state index in [-0.39, 0.29) is 22.9 Å². The summed E-state index contributed by atoms with van der Waals surface area (Å²) in [4.78, 5) is 36.9. The molecule has 26 heavy (non-hydrogen) atoms. The standard InChI is InChI=1S/C19H30N4O3/c1-7-20(8-2)22(15(5)24)17-11-13-18(19(26)14-12-17)23(16(6)25)21(9-3)10-4/h11-14H,7-10H2,1-6H3. The molecule has 0 unspecified atom stereocenters. The molecule has 0 aliphatic rings. The van der Waals surface area contributed by atoms with Crippen molar-refractivity contribution in [2.75, 3.05) is 36.2 Å². The molecule has 1 rings (SSSR count). The van der Waals surface area contributed by atoms with Crippen LogP contribution in [-0.4, -0.2) is 48.0 Å². The van der Waals surface area contributed by atoms with Gasteiger partial charge < -0.3 is 0 Å². The van der Waals surface area contributed by atoms with E-state index in [0.717, 1.165) is 0 Å². The number of anilines is 2. The Morgan fingerprint density at radius 3 is 1.58 bits per heavy atom. The molecule has 0 radical (unpaired) electrons. The average Bonchev–Trinajstić information content (AvgIpc) is 2.78. The van der Waals surface area contributed by atoms with Gasteiger partial charge in [0.1, 0.15) is 5.69 Å². The van der Waals surface area contributed by atoms with E-state index >= 15 is 0 Å². The minimum absolute atomic E-state index is 0.138. The van der Waals surface area contributed by atoms with Crippen molar-refractivity contribution < 1.29 is 9.59 Å². The first-order valence-electron chi connectivity index (χ1n) is 9.07. The third-order valence-corrected chi connectivity index (χ3v) is 4.16. The van der Waals surface area contributed by atoms with Gasteiger partial charge in [0, 0.05) is 40.0 Å². The highest BCUT2D eigenvalue weighted by Gasteiger charge is 2.21. The summed E-state index contributed by atoms with van der Waals surface area (Å²) in [6.07, 6.45) is 0. The first-order valence-corrected chi connectivity index (χ1v) is 9.07. The van der Waals surface area contributed by atoms with Gasteiger partial charge in [0.15, 0.2) is 0 Å². The summed E-state index contributed by atoms with van der Waals surface area (Å²) < 4.78 is 0. The molecule has 0 saturated heterocycles. The maximum absolute atomic E-state index is 12.6. The van der Waals surface area contributed by atoms with E-state index in [1.165, 1.54) is 24.9 Å². The highest BCUT2D eigenvalue weighted by molar-refractivity contribution is 5.92. The highest BCUT2D eigenvalue weighted by Crippen LogP contribution is 2.19. The van der Waals surface area contributed by atoms with Crippen LogP contribution >= 0.6 is 0 Å². The topological polar surface area (TPSA) is 64.2 Å². The lowest BCUT2D eigenvalue weighted by Crippen LogP contribution is -2.47. The SMILES string of the molecule is CCN(CC)N(C(C)=O)c1ccc(N(C(C)=O)N(CC)CC)c(=O)cc1. The summed E-state index contributed by atoms with van der Waals surface area (Å²) in [7, 11) is 0. The summed E-state index contributed by atoms with van der Waals surface area (Å²) in [6.45, 7) is 13.2. The van der Waals surface area contributed by atoms with E-state index in [1.54, 1.807) is 28.2 Å². The molecule has 2 amide bonds. The number of hydrazine groups is 2. The Kier molecular flexibility index (Phi) is 8.41. The molecule has 0 atom stereocenters. The first-order chi connectivity index (χ1) is 12.3. The van der Waals surface area contributed by atoms with Crippen LogP contribution in [0.25, 0.3) is 0 Å². The highest BCUT2D eigenvalue weighted by atomic mass is 16.2. The van der Waals surface area contributed by atoms with E-state index < -0.39 is 0 Å². The Balaban J connectivity index is 3.49. The lowest BCUT2D eigenvalue weighted by atomic mass is 10.3. The van der Waals surface area contributed by atoms with Crippen molar-refractivity contribution in [3.8, 4) is 0 Å². The number of rotatable bonds is 8. The molecule has 0 spiro atoms. The summed E-state index contributed by atoms with van der Waals surface area (Å²) >= 11 is 0. The maximum atomic E-state index is 12.6. The number of carbonyl (C=O) groups is 2. The van der Waals surface area contributed by atoms with Gasteiger partial charge in [0.25, 0.3) is 0 Å². The van der Waals surface area contributed by atoms with Gasteiger partial charge in [-0.3, -0.25) is 14.4 Å². The van der Waals surface area contributed by atoms with Gasteiger partial charge in [-0.1, -0.05) is 27.7 Å². The average molecular weight is 362 g/mol. The van der Waals surface area contributed by atoms with Gasteiger partial charge in [-0.15, -0.1) is 0 Å². The molecular weight excluding hydrogens is 332 g/mol. The fourth-order valence-electron chi connectivity index (χ4n) is 2.94. The van der Waals surface area contributed by atoms with Crippen LogP contribution in [0.3, 0.4) is 0 Å². The van der Waals surface area contributed by atoms with Crippen molar-refractivity contribution in [2.24, 2.45) is 0 Å². The van der Waals surface area contributed by atoms with Crippen molar-refractivity contribution in [3.05, 3.63) is 34.5 Å². The summed E-state index contributed by atoms with van der Waals surface area (Å²) in [5, 5.41) is 6.64. The van der Waals surface area contributed by atoms with Crippen LogP contribution in [0.1, 0.15) is 41.5 Å². The molecule has 7 heteroatoms. The lowest BCUT2D eigenvalue weighted by molar-refractivity contribution is -0.120. The lowest BCUT2D eigenvalue weighted by Gasteiger charge is -2.32. The zero-order valence-electron chi connectivity index (χ0n) is 16.7. The minimum Gasteiger partial charge on any atom is -0.288 e. The minimum atomic E-state index is -0.276. The van der Waals surface area contributed by atoms with Crippen LogP contribution < -0.4 is 15.4 Å². The molecule has 1 aromatic carbocycles. The van der Waals surface area contributed by atoms with E-state index in [1.807, 2.05) is 32.7 Å². The monoisotopic (exact) mass is 362 g/mol. The summed E-state index contributed by atoms with van der Waals surface area (Å²) in [5.41, 5.74) is 0.587. The molecule has 0 saturated carbocycles. The molecule has 0 heterocycles. The largest absolute Gasteiger partial charge is 0.288 e. The first kappa shape index (κ1) is 21.8. The Bertz CT molecular complexity index is 685. The molecular formula is C19H30N4O3. The zero-order chi connectivity index (χ0) is 19.9. The third kappa shape index (κ3) is 4.89. The normalized spacial score (nSPS) is 10.9. The predicted octanol–water partition coefficient (Wildman–Crippen LogP) is 2.27. The van der Waals surface area contributed by atoms with Crippen molar-refractivity contribution in [3.63, 3.8) is 0 Å². The zero-order valence-corrected chi connectivity index (χ0v) is 16.7. The van der Waals surface area contributed by atoms with Crippen molar-refractivity contribution >= 4 is 23.2 Å². The van der Waals surface area contributed by atoms with Crippen LogP contribution in [0.4, 0.5) is 11.4 Å². The van der Waals surface area contributed by atoms with Crippen LogP contribution in [-0.2, 0) is 9.59 Å². The van der Waals surface area contributed by atoms with Crippen LogP contribution in [0.5, 0.6) is 0 Å². The molecule has 0 fully saturated rings. The van der Waals surface area contributed by atoms with Gasteiger partial charge in [-0.2, -0.15) is 0 Å². The molecule has 0 aliphatic heterocycles. The number of hydrogen-bond donors (Lipinski definition) is 0. The van der Waals surface area contributed by atoms with Crippen LogP contribution in [0, 0.1) is 0 Å². The molecule has 0 bridgehead atoms. The molecule has 0 aliphatic carbocycles. The fraction of sp³-hybridized carbons (Fsp3) is 0.526. The molecule has 0 N–H and O–H groups in total. The number of hydrogen-bond acceptors (Lipinski definition) is 5. The second kappa shape index (κ2) is 10.0. The summed E-state index contributed by atoms with van der Waals surface area (Å²) in [6, 6.07) is 6.34. The second-order valence-electron chi connectivity index (χ2n) is 5.78. The Morgan fingerprint density at radius 1 is 0.731 bits per heavy atom. The van der Waals surface area contributed by atoms with Gasteiger partial charge in [-0.05, 0) is 24.3 Å². The van der Waals surface area contributed by atoms with E-state index in [2.05, 4.69) is 0 Å². The van der Waals surface area contributed by atoms with Crippen molar-refractivity contribution in [1.82, 2.24) is 10.0 Å². The van der Waals surface area contributed by atoms with E-state index in [0.29, 0.717) is 31.9 Å². The number of carbonyl (C=O) groups excluding carboxylic acids is 2. The van der Waals surface area contributed by atoms with E-state index in [9.17, 15) is 14.4 Å². The Morgan fingerprint density at radius 2 is 1.15 bits per heavy atom. The maximum Gasteiger partial charge on any atom is 0.238 e. The molecule has 144 valence electrons. The third-order valence-electron chi connectivity index (χ3n) is 4.16. The van der Waals surface area contributed by atoms with Crippen LogP contribution in [0.2, 0.25) is 0 Å². The Hall–Kier alpha value is -2.25. The van der Waals surface area contributed by atoms with Crippen molar-refractivity contribution in [2.45, 2.75) is 41.5 Å². The van der Waals surface area contributed by atoms with Gasteiger partial charge in [0.2, 0.25) is 17.2 Å². The van der Waals surface area contributed by atoms with E-state index in [4.69, 9.17) is 0 Å². The molecule has 1 aromatic rings. The number of amides is 2. The van der Waals surface area contributed by atoms with Gasteiger partial charge in [0.05, 0.1) is 5.69 Å². The van der Waals surface area contributed by atoms with Gasteiger partial charge >= 0.3 is 0 Å². The Labute approximate surface area is 155 Å². The van der Waals surface area contributed by atoms with Crippen molar-refractivity contribution in [1.29, 1.82) is 0 Å². The second-order valence-corrected chi connectivity index (χ2v) is 5.78.